The van der Waals surface area contributed by atoms with Crippen molar-refractivity contribution in [3.8, 4) is 5.75 Å². The maximum Gasteiger partial charge on any atom is 0.325 e. The molecule has 2 N–H and O–H groups in total. The van der Waals surface area contributed by atoms with Crippen LogP contribution in [0.15, 0.2) is 24.3 Å². The number of aliphatic carboxylic acids is 2. The molecule has 1 saturated heterocycles. The number of likely N-dealkylation sites (tertiary alicyclic amines) is 1. The molecule has 0 aliphatic carbocycles. The van der Waals surface area contributed by atoms with E-state index in [1.807, 2.05) is 0 Å². The van der Waals surface area contributed by atoms with Crippen LogP contribution in [0.25, 0.3) is 0 Å². The van der Waals surface area contributed by atoms with E-state index >= 15 is 0 Å². The molecule has 0 bridgehead atoms. The predicted molar refractivity (Wildman–Crippen MR) is 75.3 cm³/mol. The van der Waals surface area contributed by atoms with Gasteiger partial charge in [-0.05, 0) is 25.5 Å². The fourth-order valence-electron chi connectivity index (χ4n) is 2.82. The van der Waals surface area contributed by atoms with E-state index in [-0.39, 0.29) is 6.54 Å². The van der Waals surface area contributed by atoms with E-state index < -0.39 is 23.9 Å². The summed E-state index contributed by atoms with van der Waals surface area (Å²) < 4.78 is 5.24. The summed E-state index contributed by atoms with van der Waals surface area (Å²) in [5, 5.41) is 18.7. The first kappa shape index (κ1) is 15.3. The zero-order valence-electron chi connectivity index (χ0n) is 11.9. The molecule has 0 amide bonds. The number of para-hydroxylation sites is 1. The Morgan fingerprint density at radius 2 is 2.05 bits per heavy atom. The highest BCUT2D eigenvalue weighted by molar-refractivity contribution is 5.77. The molecule has 2 atom stereocenters. The number of carboxylic acid groups (broad SMARTS) is 2. The van der Waals surface area contributed by atoms with E-state index in [1.54, 1.807) is 29.2 Å². The largest absolute Gasteiger partial charge is 0.496 e. The molecule has 1 fully saturated rings. The molecule has 0 aromatic heterocycles. The van der Waals surface area contributed by atoms with Crippen molar-refractivity contribution in [2.24, 2.45) is 5.92 Å². The fraction of sp³-hybridized carbons (Fsp3) is 0.467. The maximum atomic E-state index is 11.7. The molecule has 2 rings (SSSR count). The van der Waals surface area contributed by atoms with Gasteiger partial charge < -0.3 is 14.9 Å². The molecule has 1 aliphatic heterocycles. The first-order valence-corrected chi connectivity index (χ1v) is 6.87. The molecular weight excluding hydrogens is 274 g/mol. The lowest BCUT2D eigenvalue weighted by Crippen LogP contribution is -2.43. The molecule has 0 saturated carbocycles. The molecule has 6 nitrogen and oxygen atoms in total. The van der Waals surface area contributed by atoms with Crippen molar-refractivity contribution < 1.29 is 24.5 Å². The van der Waals surface area contributed by atoms with Gasteiger partial charge in [0.1, 0.15) is 11.8 Å². The number of rotatable bonds is 5. The molecule has 114 valence electrons. The summed E-state index contributed by atoms with van der Waals surface area (Å²) in [6.45, 7) is 0.809. The molecule has 21 heavy (non-hydrogen) atoms. The highest BCUT2D eigenvalue weighted by Crippen LogP contribution is 2.32. The van der Waals surface area contributed by atoms with Gasteiger partial charge in [0.15, 0.2) is 0 Å². The standard InChI is InChI=1S/C15H19NO5/c1-21-12-7-3-2-6-11(12)13(15(19)20)16-8-4-5-10(9-16)14(17)18/h2-3,6-7,10,13H,4-5,8-9H2,1H3,(H,17,18)(H,19,20). The van der Waals surface area contributed by atoms with Crippen LogP contribution in [0.3, 0.4) is 0 Å². The third-order valence-electron chi connectivity index (χ3n) is 3.83. The normalized spacial score (nSPS) is 20.7. The number of hydrogen-bond donors (Lipinski definition) is 2. The Balaban J connectivity index is 2.30. The molecule has 1 aliphatic rings. The maximum absolute atomic E-state index is 11.7. The third-order valence-corrected chi connectivity index (χ3v) is 3.83. The van der Waals surface area contributed by atoms with Crippen molar-refractivity contribution in [2.75, 3.05) is 20.2 Å². The zero-order valence-corrected chi connectivity index (χ0v) is 11.9. The van der Waals surface area contributed by atoms with Gasteiger partial charge in [0.25, 0.3) is 0 Å². The Morgan fingerprint density at radius 3 is 2.67 bits per heavy atom. The monoisotopic (exact) mass is 293 g/mol. The first-order chi connectivity index (χ1) is 10.0. The SMILES string of the molecule is COc1ccccc1C(C(=O)O)N1CCCC(C(=O)O)C1. The average Bonchev–Trinajstić information content (AvgIpc) is 2.48. The molecule has 1 aromatic rings. The number of methoxy groups -OCH3 is 1. The summed E-state index contributed by atoms with van der Waals surface area (Å²) in [6.07, 6.45) is 1.26. The zero-order chi connectivity index (χ0) is 15.4. The van der Waals surface area contributed by atoms with Crippen molar-refractivity contribution in [3.05, 3.63) is 29.8 Å². The topological polar surface area (TPSA) is 87.1 Å². The minimum absolute atomic E-state index is 0.240. The van der Waals surface area contributed by atoms with Gasteiger partial charge in [-0.2, -0.15) is 0 Å². The van der Waals surface area contributed by atoms with Crippen LogP contribution in [0.4, 0.5) is 0 Å². The molecule has 6 heteroatoms. The van der Waals surface area contributed by atoms with E-state index in [0.717, 1.165) is 0 Å². The predicted octanol–water partition coefficient (Wildman–Crippen LogP) is 1.62. The minimum atomic E-state index is -0.995. The Morgan fingerprint density at radius 1 is 1.33 bits per heavy atom. The van der Waals surface area contributed by atoms with Crippen LogP contribution in [0, 0.1) is 5.92 Å². The summed E-state index contributed by atoms with van der Waals surface area (Å²) in [4.78, 5) is 24.6. The Hall–Kier alpha value is -2.08. The van der Waals surface area contributed by atoms with E-state index in [9.17, 15) is 14.7 Å². The van der Waals surface area contributed by atoms with Crippen molar-refractivity contribution in [1.82, 2.24) is 4.90 Å². The quantitative estimate of drug-likeness (QED) is 0.857. The second-order valence-corrected chi connectivity index (χ2v) is 5.16. The average molecular weight is 293 g/mol. The van der Waals surface area contributed by atoms with E-state index in [1.165, 1.54) is 7.11 Å². The lowest BCUT2D eigenvalue weighted by Gasteiger charge is -2.35. The number of benzene rings is 1. The van der Waals surface area contributed by atoms with Gasteiger partial charge in [-0.15, -0.1) is 0 Å². The summed E-state index contributed by atoms with van der Waals surface area (Å²) >= 11 is 0. The van der Waals surface area contributed by atoms with Gasteiger partial charge in [0.2, 0.25) is 0 Å². The van der Waals surface area contributed by atoms with E-state index in [2.05, 4.69) is 0 Å². The van der Waals surface area contributed by atoms with Crippen molar-refractivity contribution in [1.29, 1.82) is 0 Å². The second kappa shape index (κ2) is 6.58. The summed E-state index contributed by atoms with van der Waals surface area (Å²) in [5.74, 6) is -1.88. The molecule has 2 unspecified atom stereocenters. The van der Waals surface area contributed by atoms with Crippen molar-refractivity contribution in [2.45, 2.75) is 18.9 Å². The highest BCUT2D eigenvalue weighted by Gasteiger charge is 2.35. The van der Waals surface area contributed by atoms with Gasteiger partial charge in [0.05, 0.1) is 13.0 Å². The molecular formula is C15H19NO5. The minimum Gasteiger partial charge on any atom is -0.496 e. The Labute approximate surface area is 122 Å². The van der Waals surface area contributed by atoms with Crippen LogP contribution in [-0.4, -0.2) is 47.3 Å². The van der Waals surface area contributed by atoms with Gasteiger partial charge in [0, 0.05) is 12.1 Å². The summed E-state index contributed by atoms with van der Waals surface area (Å²) in [7, 11) is 1.49. The van der Waals surface area contributed by atoms with Crippen LogP contribution in [-0.2, 0) is 9.59 Å². The molecule has 0 radical (unpaired) electrons. The first-order valence-electron chi connectivity index (χ1n) is 6.87. The second-order valence-electron chi connectivity index (χ2n) is 5.16. The lowest BCUT2D eigenvalue weighted by molar-refractivity contribution is -0.149. The highest BCUT2D eigenvalue weighted by atomic mass is 16.5. The molecule has 1 aromatic carbocycles. The lowest BCUT2D eigenvalue weighted by atomic mass is 9.94. The van der Waals surface area contributed by atoms with Gasteiger partial charge in [-0.3, -0.25) is 14.5 Å². The summed E-state index contributed by atoms with van der Waals surface area (Å²) in [6, 6.07) is 6.07. The van der Waals surface area contributed by atoms with Gasteiger partial charge in [-0.1, -0.05) is 18.2 Å². The smallest absolute Gasteiger partial charge is 0.325 e. The van der Waals surface area contributed by atoms with Gasteiger partial charge >= 0.3 is 11.9 Å². The number of ether oxygens (including phenoxy) is 1. The van der Waals surface area contributed by atoms with Crippen molar-refractivity contribution in [3.63, 3.8) is 0 Å². The Kier molecular flexibility index (Phi) is 4.80. The van der Waals surface area contributed by atoms with Crippen LogP contribution in [0.5, 0.6) is 5.75 Å². The van der Waals surface area contributed by atoms with Crippen molar-refractivity contribution >= 4 is 11.9 Å². The Bertz CT molecular complexity index is 531. The fourth-order valence-corrected chi connectivity index (χ4v) is 2.82. The number of carbonyl (C=O) groups is 2. The van der Waals surface area contributed by atoms with Crippen LogP contribution in [0.2, 0.25) is 0 Å². The number of hydrogen-bond acceptors (Lipinski definition) is 4. The molecule has 0 spiro atoms. The molecule has 1 heterocycles. The van der Waals surface area contributed by atoms with Gasteiger partial charge in [-0.25, -0.2) is 0 Å². The van der Waals surface area contributed by atoms with Crippen LogP contribution in [0.1, 0.15) is 24.4 Å². The number of piperidine rings is 1. The third kappa shape index (κ3) is 3.33. The number of carboxylic acids is 2. The summed E-state index contributed by atoms with van der Waals surface area (Å²) in [5.41, 5.74) is 0.554. The van der Waals surface area contributed by atoms with E-state index in [0.29, 0.717) is 30.7 Å². The number of nitrogens with zero attached hydrogens (tertiary/aromatic N) is 1. The van der Waals surface area contributed by atoms with Crippen LogP contribution >= 0.6 is 0 Å². The van der Waals surface area contributed by atoms with E-state index in [4.69, 9.17) is 9.84 Å². The van der Waals surface area contributed by atoms with Crippen LogP contribution < -0.4 is 4.74 Å².